The van der Waals surface area contributed by atoms with Gasteiger partial charge in [-0.1, -0.05) is 6.92 Å². The number of carbonyl (C=O) groups is 2. The predicted molar refractivity (Wildman–Crippen MR) is 95.8 cm³/mol. The number of aromatic nitrogens is 4. The number of rotatable bonds is 5. The molecule has 1 unspecified atom stereocenters. The fraction of sp³-hybridized carbons (Fsp3) is 0.333. The van der Waals surface area contributed by atoms with Gasteiger partial charge in [0.25, 0.3) is 11.8 Å². The fourth-order valence-electron chi connectivity index (χ4n) is 3.05. The lowest BCUT2D eigenvalue weighted by Crippen LogP contribution is -2.29. The number of carbonyl (C=O) groups excluding carboxylic acids is 2. The van der Waals surface area contributed by atoms with Crippen LogP contribution in [0.5, 0.6) is 0 Å². The van der Waals surface area contributed by atoms with Gasteiger partial charge in [-0.3, -0.25) is 19.3 Å². The van der Waals surface area contributed by atoms with Gasteiger partial charge >= 0.3 is 0 Å². The largest absolute Gasteiger partial charge is 0.360 e. The van der Waals surface area contributed by atoms with Gasteiger partial charge in [-0.2, -0.15) is 5.10 Å². The van der Waals surface area contributed by atoms with Crippen molar-refractivity contribution in [1.82, 2.24) is 30.4 Å². The van der Waals surface area contributed by atoms with Gasteiger partial charge in [0.15, 0.2) is 5.69 Å². The van der Waals surface area contributed by atoms with E-state index in [9.17, 15) is 9.59 Å². The smallest absolute Gasteiger partial charge is 0.271 e. The highest BCUT2D eigenvalue weighted by Crippen LogP contribution is 2.29. The second-order valence-corrected chi connectivity index (χ2v) is 6.68. The van der Waals surface area contributed by atoms with Crippen molar-refractivity contribution in [2.45, 2.75) is 25.9 Å². The summed E-state index contributed by atoms with van der Waals surface area (Å²) in [5.74, 6) is -0.0432. The molecule has 1 aliphatic carbocycles. The molecule has 3 aromatic rings. The van der Waals surface area contributed by atoms with Crippen molar-refractivity contribution in [2.24, 2.45) is 5.92 Å². The molecule has 3 heterocycles. The quantitative estimate of drug-likeness (QED) is 0.644. The second kappa shape index (κ2) is 6.29. The van der Waals surface area contributed by atoms with Crippen LogP contribution in [0, 0.1) is 5.92 Å². The Bertz CT molecular complexity index is 989. The van der Waals surface area contributed by atoms with E-state index in [0.717, 1.165) is 22.9 Å². The fourth-order valence-corrected chi connectivity index (χ4v) is 3.05. The zero-order valence-corrected chi connectivity index (χ0v) is 14.6. The van der Waals surface area contributed by atoms with Crippen LogP contribution < -0.4 is 10.6 Å². The van der Waals surface area contributed by atoms with Crippen molar-refractivity contribution in [3.63, 3.8) is 0 Å². The molecule has 0 spiro atoms. The Balaban J connectivity index is 1.69. The normalized spacial score (nSPS) is 18.7. The van der Waals surface area contributed by atoms with Crippen LogP contribution in [0.25, 0.3) is 10.9 Å². The van der Waals surface area contributed by atoms with E-state index < -0.39 is 0 Å². The summed E-state index contributed by atoms with van der Waals surface area (Å²) in [6.07, 6.45) is 6.33. The third kappa shape index (κ3) is 2.94. The Morgan fingerprint density at radius 2 is 2.15 bits per heavy atom. The van der Waals surface area contributed by atoms with Crippen molar-refractivity contribution in [3.05, 3.63) is 47.7 Å². The molecule has 0 radical (unpaired) electrons. The highest BCUT2D eigenvalue weighted by Gasteiger charge is 2.35. The molecule has 1 fully saturated rings. The van der Waals surface area contributed by atoms with Crippen LogP contribution in [0.3, 0.4) is 0 Å². The van der Waals surface area contributed by atoms with Crippen LogP contribution in [0.4, 0.5) is 0 Å². The maximum absolute atomic E-state index is 12.7. The summed E-state index contributed by atoms with van der Waals surface area (Å²) in [4.78, 5) is 32.0. The molecule has 0 saturated heterocycles. The summed E-state index contributed by atoms with van der Waals surface area (Å²) >= 11 is 0. The molecule has 2 amide bonds. The molecule has 1 saturated carbocycles. The summed E-state index contributed by atoms with van der Waals surface area (Å²) in [6.45, 7) is 2.44. The number of nitrogens with zero attached hydrogens (tertiary/aromatic N) is 3. The van der Waals surface area contributed by atoms with Gasteiger partial charge in [-0.05, 0) is 18.4 Å². The van der Waals surface area contributed by atoms with E-state index in [-0.39, 0.29) is 23.6 Å². The highest BCUT2D eigenvalue weighted by atomic mass is 16.2. The van der Waals surface area contributed by atoms with Crippen LogP contribution in [0.15, 0.2) is 30.7 Å². The zero-order valence-electron chi connectivity index (χ0n) is 14.6. The van der Waals surface area contributed by atoms with Crippen molar-refractivity contribution >= 4 is 22.7 Å². The molecule has 0 aliphatic heterocycles. The van der Waals surface area contributed by atoms with E-state index in [1.807, 2.05) is 12.3 Å². The number of hydrogen-bond acceptors (Lipinski definition) is 4. The minimum atomic E-state index is -0.324. The molecule has 8 nitrogen and oxygen atoms in total. The Morgan fingerprint density at radius 1 is 1.35 bits per heavy atom. The first kappa shape index (κ1) is 16.3. The van der Waals surface area contributed by atoms with Gasteiger partial charge in [-0.25, -0.2) is 0 Å². The van der Waals surface area contributed by atoms with Gasteiger partial charge < -0.3 is 15.6 Å². The summed E-state index contributed by atoms with van der Waals surface area (Å²) < 4.78 is 1.57. The zero-order chi connectivity index (χ0) is 18.3. The summed E-state index contributed by atoms with van der Waals surface area (Å²) in [6, 6.07) is 3.69. The molecule has 2 atom stereocenters. The van der Waals surface area contributed by atoms with E-state index >= 15 is 0 Å². The molecular formula is C18H20N6O2. The van der Waals surface area contributed by atoms with E-state index in [1.54, 1.807) is 17.1 Å². The van der Waals surface area contributed by atoms with Crippen molar-refractivity contribution in [2.75, 3.05) is 7.05 Å². The molecule has 8 heteroatoms. The molecule has 4 rings (SSSR count). The number of fused-ring (bicyclic) bond motifs is 1. The predicted octanol–water partition coefficient (Wildman–Crippen LogP) is 1.31. The lowest BCUT2D eigenvalue weighted by molar-refractivity contribution is 0.0936. The average Bonchev–Trinajstić information content (AvgIpc) is 3.06. The molecule has 26 heavy (non-hydrogen) atoms. The maximum atomic E-state index is 12.7. The Kier molecular flexibility index (Phi) is 3.95. The maximum Gasteiger partial charge on any atom is 0.271 e. The van der Waals surface area contributed by atoms with E-state index in [1.165, 1.54) is 13.1 Å². The monoisotopic (exact) mass is 352 g/mol. The summed E-state index contributed by atoms with van der Waals surface area (Å²) in [7, 11) is 1.54. The average molecular weight is 352 g/mol. The number of aromatic amines is 1. The Hall–Kier alpha value is -3.16. The number of nitrogens with one attached hydrogen (secondary N) is 3. The number of H-pyrrole nitrogens is 1. The topological polar surface area (TPSA) is 105 Å². The molecule has 1 aliphatic rings. The number of pyridine rings is 1. The van der Waals surface area contributed by atoms with Crippen molar-refractivity contribution in [3.8, 4) is 0 Å². The molecular weight excluding hydrogens is 332 g/mol. The molecule has 0 aromatic carbocycles. The lowest BCUT2D eigenvalue weighted by Gasteiger charge is -2.09. The summed E-state index contributed by atoms with van der Waals surface area (Å²) in [5, 5.41) is 10.9. The van der Waals surface area contributed by atoms with E-state index in [0.29, 0.717) is 18.2 Å². The first-order valence-electron chi connectivity index (χ1n) is 8.57. The van der Waals surface area contributed by atoms with Crippen molar-refractivity contribution in [1.29, 1.82) is 0 Å². The van der Waals surface area contributed by atoms with Gasteiger partial charge in [0, 0.05) is 42.5 Å². The van der Waals surface area contributed by atoms with Gasteiger partial charge in [0.05, 0.1) is 18.3 Å². The molecule has 134 valence electrons. The first-order valence-corrected chi connectivity index (χ1v) is 8.57. The first-order chi connectivity index (χ1) is 12.6. The van der Waals surface area contributed by atoms with Crippen LogP contribution in [0.1, 0.15) is 39.9 Å². The standard InChI is InChI=1S/C18H20N6O2/c1-10-5-13(10)22-18(26)16-6-14(17(25)19-2)23-24(16)9-11-7-20-8-15-12(11)3-4-21-15/h3-4,6-8,10,13,21H,5,9H2,1-2H3,(H,19,25)(H,22,26)/t10-,13?/m0/s1. The van der Waals surface area contributed by atoms with Crippen molar-refractivity contribution < 1.29 is 9.59 Å². The molecule has 3 N–H and O–H groups in total. The van der Waals surface area contributed by atoms with Gasteiger partial charge in [0.2, 0.25) is 0 Å². The Labute approximate surface area is 150 Å². The third-order valence-corrected chi connectivity index (χ3v) is 4.78. The van der Waals surface area contributed by atoms with Crippen LogP contribution in [-0.2, 0) is 6.54 Å². The van der Waals surface area contributed by atoms with E-state index in [4.69, 9.17) is 0 Å². The minimum absolute atomic E-state index is 0.198. The molecule has 3 aromatic heterocycles. The summed E-state index contributed by atoms with van der Waals surface area (Å²) in [5.41, 5.74) is 2.43. The minimum Gasteiger partial charge on any atom is -0.360 e. The Morgan fingerprint density at radius 3 is 2.88 bits per heavy atom. The van der Waals surface area contributed by atoms with Crippen LogP contribution >= 0.6 is 0 Å². The number of amides is 2. The van der Waals surface area contributed by atoms with Crippen LogP contribution in [0.2, 0.25) is 0 Å². The molecule has 0 bridgehead atoms. The second-order valence-electron chi connectivity index (χ2n) is 6.68. The SMILES string of the molecule is CNC(=O)c1cc(C(=O)NC2C[C@@H]2C)n(Cc2cncc3[nH]ccc23)n1. The van der Waals surface area contributed by atoms with Crippen LogP contribution in [-0.4, -0.2) is 44.7 Å². The van der Waals surface area contributed by atoms with Gasteiger partial charge in [0.1, 0.15) is 5.69 Å². The van der Waals surface area contributed by atoms with Gasteiger partial charge in [-0.15, -0.1) is 0 Å². The number of hydrogen-bond donors (Lipinski definition) is 3. The third-order valence-electron chi connectivity index (χ3n) is 4.78. The lowest BCUT2D eigenvalue weighted by atomic mass is 10.2. The highest BCUT2D eigenvalue weighted by molar-refractivity contribution is 5.98. The van der Waals surface area contributed by atoms with E-state index in [2.05, 4.69) is 32.6 Å².